The van der Waals surface area contributed by atoms with Crippen LogP contribution in [0.5, 0.6) is 0 Å². The van der Waals surface area contributed by atoms with Crippen molar-refractivity contribution in [3.05, 3.63) is 29.8 Å². The van der Waals surface area contributed by atoms with E-state index in [9.17, 15) is 13.5 Å². The smallest absolute Gasteiger partial charge is 0.180 e. The molecule has 1 aromatic rings. The van der Waals surface area contributed by atoms with Crippen LogP contribution in [0.3, 0.4) is 0 Å². The van der Waals surface area contributed by atoms with Gasteiger partial charge >= 0.3 is 0 Å². The average Bonchev–Trinajstić information content (AvgIpc) is 2.29. The Morgan fingerprint density at radius 1 is 1.28 bits per heavy atom. The van der Waals surface area contributed by atoms with E-state index in [1.165, 1.54) is 0 Å². The Bertz CT molecular complexity index is 454. The highest BCUT2D eigenvalue weighted by Crippen LogP contribution is 2.12. The van der Waals surface area contributed by atoms with Crippen molar-refractivity contribution in [1.82, 2.24) is 5.32 Å². The Labute approximate surface area is 109 Å². The maximum Gasteiger partial charge on any atom is 0.180 e. The molecule has 0 aromatic heterocycles. The first-order valence-electron chi connectivity index (χ1n) is 6.14. The van der Waals surface area contributed by atoms with Crippen LogP contribution in [0, 0.1) is 6.92 Å². The van der Waals surface area contributed by atoms with Gasteiger partial charge in [0.1, 0.15) is 0 Å². The lowest BCUT2D eigenvalue weighted by Gasteiger charge is -2.12. The molecule has 0 unspecified atom stereocenters. The Hall–Kier alpha value is -0.910. The molecule has 0 saturated heterocycles. The van der Waals surface area contributed by atoms with Crippen LogP contribution in [0.25, 0.3) is 0 Å². The number of hydrogen-bond donors (Lipinski definition) is 2. The van der Waals surface area contributed by atoms with Gasteiger partial charge in [-0.25, -0.2) is 8.42 Å². The summed E-state index contributed by atoms with van der Waals surface area (Å²) in [6.07, 6.45) is 0.0834. The minimum Gasteiger partial charge on any atom is -0.391 e. The zero-order chi connectivity index (χ0) is 13.6. The number of sulfone groups is 1. The normalized spacial score (nSPS) is 13.5. The fourth-order valence-electron chi connectivity index (χ4n) is 1.60. The molecule has 0 spiro atoms. The van der Waals surface area contributed by atoms with E-state index in [2.05, 4.69) is 5.32 Å². The van der Waals surface area contributed by atoms with Gasteiger partial charge in [-0.2, -0.15) is 0 Å². The van der Waals surface area contributed by atoms with Gasteiger partial charge in [0.25, 0.3) is 0 Å². The minimum atomic E-state index is -3.40. The molecule has 2 N–H and O–H groups in total. The molecule has 0 heterocycles. The van der Waals surface area contributed by atoms with Gasteiger partial charge in [-0.3, -0.25) is 0 Å². The summed E-state index contributed by atoms with van der Waals surface area (Å²) in [5.41, 5.74) is 1.01. The lowest BCUT2D eigenvalue weighted by atomic mass is 10.2. The van der Waals surface area contributed by atoms with E-state index in [1.807, 2.05) is 13.8 Å². The Balaban J connectivity index is 2.61. The van der Waals surface area contributed by atoms with Crippen molar-refractivity contribution < 1.29 is 13.5 Å². The molecule has 1 rings (SSSR count). The Morgan fingerprint density at radius 2 is 1.89 bits per heavy atom. The van der Waals surface area contributed by atoms with Crippen LogP contribution >= 0.6 is 0 Å². The molecule has 0 aliphatic rings. The van der Waals surface area contributed by atoms with Crippen molar-refractivity contribution >= 4 is 9.84 Å². The van der Waals surface area contributed by atoms with Crippen molar-refractivity contribution in [3.63, 3.8) is 0 Å². The first-order chi connectivity index (χ1) is 8.45. The van der Waals surface area contributed by atoms with Crippen LogP contribution in [-0.4, -0.2) is 38.5 Å². The number of nitrogens with one attached hydrogen (secondary N) is 1. The summed E-state index contributed by atoms with van der Waals surface area (Å²) in [6, 6.07) is 6.68. The molecule has 4 nitrogen and oxygen atoms in total. The summed E-state index contributed by atoms with van der Waals surface area (Å²) in [7, 11) is -3.40. The van der Waals surface area contributed by atoms with Gasteiger partial charge < -0.3 is 10.4 Å². The number of aliphatic hydroxyl groups excluding tert-OH is 1. The van der Waals surface area contributed by atoms with E-state index < -0.39 is 15.9 Å². The van der Waals surface area contributed by atoms with E-state index >= 15 is 0 Å². The number of rotatable bonds is 7. The maximum atomic E-state index is 12.0. The van der Waals surface area contributed by atoms with Crippen LogP contribution < -0.4 is 5.32 Å². The molecule has 0 bridgehead atoms. The lowest BCUT2D eigenvalue weighted by Crippen LogP contribution is -2.32. The van der Waals surface area contributed by atoms with E-state index in [-0.39, 0.29) is 10.6 Å². The molecule has 18 heavy (non-hydrogen) atoms. The predicted molar refractivity (Wildman–Crippen MR) is 72.4 cm³/mol. The SMILES string of the molecule is CCCNC[C@@H](O)CS(=O)(=O)c1ccc(C)cc1. The highest BCUT2D eigenvalue weighted by Gasteiger charge is 2.19. The average molecular weight is 271 g/mol. The lowest BCUT2D eigenvalue weighted by molar-refractivity contribution is 0.194. The van der Waals surface area contributed by atoms with Gasteiger partial charge in [0.2, 0.25) is 0 Å². The quantitative estimate of drug-likeness (QED) is 0.730. The number of aryl methyl sites for hydroxylation is 1. The zero-order valence-corrected chi connectivity index (χ0v) is 11.7. The van der Waals surface area contributed by atoms with Crippen LogP contribution in [0.4, 0.5) is 0 Å². The van der Waals surface area contributed by atoms with Gasteiger partial charge in [-0.1, -0.05) is 24.6 Å². The summed E-state index contributed by atoms with van der Waals surface area (Å²) in [6.45, 7) is 5.00. The van der Waals surface area contributed by atoms with Crippen LogP contribution in [0.1, 0.15) is 18.9 Å². The first kappa shape index (κ1) is 15.1. The molecular weight excluding hydrogens is 250 g/mol. The topological polar surface area (TPSA) is 66.4 Å². The third-order valence-corrected chi connectivity index (χ3v) is 4.41. The maximum absolute atomic E-state index is 12.0. The number of hydrogen-bond acceptors (Lipinski definition) is 4. The summed E-state index contributed by atoms with van der Waals surface area (Å²) in [4.78, 5) is 0.266. The number of benzene rings is 1. The summed E-state index contributed by atoms with van der Waals surface area (Å²) >= 11 is 0. The summed E-state index contributed by atoms with van der Waals surface area (Å²) in [5, 5.41) is 12.7. The molecule has 0 fully saturated rings. The number of aliphatic hydroxyl groups is 1. The van der Waals surface area contributed by atoms with E-state index in [4.69, 9.17) is 0 Å². The van der Waals surface area contributed by atoms with Crippen molar-refractivity contribution in [2.45, 2.75) is 31.3 Å². The van der Waals surface area contributed by atoms with Crippen molar-refractivity contribution in [2.75, 3.05) is 18.8 Å². The van der Waals surface area contributed by atoms with E-state index in [1.54, 1.807) is 24.3 Å². The second kappa shape index (κ2) is 6.87. The molecule has 5 heteroatoms. The van der Waals surface area contributed by atoms with Gasteiger partial charge in [0.15, 0.2) is 9.84 Å². The van der Waals surface area contributed by atoms with Gasteiger partial charge in [-0.15, -0.1) is 0 Å². The molecular formula is C13H21NO3S. The standard InChI is InChI=1S/C13H21NO3S/c1-3-8-14-9-12(15)10-18(16,17)13-6-4-11(2)5-7-13/h4-7,12,14-15H,3,8-10H2,1-2H3/t12-/m1/s1. The zero-order valence-electron chi connectivity index (χ0n) is 10.9. The molecule has 1 aromatic carbocycles. The van der Waals surface area contributed by atoms with Crippen LogP contribution in [-0.2, 0) is 9.84 Å². The highest BCUT2D eigenvalue weighted by molar-refractivity contribution is 7.91. The largest absolute Gasteiger partial charge is 0.391 e. The second-order valence-electron chi connectivity index (χ2n) is 4.45. The molecule has 102 valence electrons. The molecule has 0 amide bonds. The first-order valence-corrected chi connectivity index (χ1v) is 7.79. The fraction of sp³-hybridized carbons (Fsp3) is 0.538. The Kier molecular flexibility index (Phi) is 5.78. The third kappa shape index (κ3) is 4.76. The highest BCUT2D eigenvalue weighted by atomic mass is 32.2. The fourth-order valence-corrected chi connectivity index (χ4v) is 2.97. The summed E-state index contributed by atoms with van der Waals surface area (Å²) in [5.74, 6) is -0.243. The molecule has 0 saturated carbocycles. The van der Waals surface area contributed by atoms with E-state index in [0.717, 1.165) is 18.5 Å². The minimum absolute atomic E-state index is 0.243. The van der Waals surface area contributed by atoms with Gasteiger partial charge in [-0.05, 0) is 32.0 Å². The monoisotopic (exact) mass is 271 g/mol. The molecule has 0 aliphatic carbocycles. The van der Waals surface area contributed by atoms with Crippen LogP contribution in [0.15, 0.2) is 29.2 Å². The van der Waals surface area contributed by atoms with Crippen LogP contribution in [0.2, 0.25) is 0 Å². The van der Waals surface area contributed by atoms with Crippen molar-refractivity contribution in [3.8, 4) is 0 Å². The van der Waals surface area contributed by atoms with E-state index in [0.29, 0.717) is 6.54 Å². The Morgan fingerprint density at radius 3 is 2.44 bits per heavy atom. The molecule has 0 radical (unpaired) electrons. The molecule has 0 aliphatic heterocycles. The second-order valence-corrected chi connectivity index (χ2v) is 6.49. The van der Waals surface area contributed by atoms with Gasteiger partial charge in [0.05, 0.1) is 16.8 Å². The third-order valence-electron chi connectivity index (χ3n) is 2.60. The summed E-state index contributed by atoms with van der Waals surface area (Å²) < 4.78 is 24.0. The van der Waals surface area contributed by atoms with Gasteiger partial charge in [0, 0.05) is 6.54 Å². The predicted octanol–water partition coefficient (Wildman–Crippen LogP) is 1.13. The van der Waals surface area contributed by atoms with Crippen molar-refractivity contribution in [1.29, 1.82) is 0 Å². The molecule has 1 atom stereocenters. The van der Waals surface area contributed by atoms with Crippen molar-refractivity contribution in [2.24, 2.45) is 0 Å².